The van der Waals surface area contributed by atoms with Crippen LogP contribution in [0.1, 0.15) is 31.2 Å². The highest BCUT2D eigenvalue weighted by molar-refractivity contribution is 5.72. The van der Waals surface area contributed by atoms with Gasteiger partial charge in [0.25, 0.3) is 0 Å². The van der Waals surface area contributed by atoms with E-state index >= 15 is 0 Å². The molecular weight excluding hydrogens is 240 g/mol. The maximum Gasteiger partial charge on any atom is 0.308 e. The normalized spacial score (nSPS) is 23.0. The third-order valence-corrected chi connectivity index (χ3v) is 3.78. The number of hydrogen-bond donors (Lipinski definition) is 0. The average Bonchev–Trinajstić information content (AvgIpc) is 2.48. The fourth-order valence-corrected chi connectivity index (χ4v) is 2.74. The predicted molar refractivity (Wildman–Crippen MR) is 73.6 cm³/mol. The summed E-state index contributed by atoms with van der Waals surface area (Å²) in [7, 11) is 1.47. The first-order chi connectivity index (χ1) is 9.29. The van der Waals surface area contributed by atoms with Crippen molar-refractivity contribution in [2.45, 2.75) is 32.3 Å². The molecule has 0 radical (unpaired) electrons. The fraction of sp³-hybridized carbons (Fsp3) is 0.562. The summed E-state index contributed by atoms with van der Waals surface area (Å²) in [6.45, 7) is 1.39. The molecule has 1 aliphatic rings. The van der Waals surface area contributed by atoms with Gasteiger partial charge < -0.3 is 9.47 Å². The molecule has 3 heteroatoms. The van der Waals surface area contributed by atoms with Crippen LogP contribution in [-0.2, 0) is 20.9 Å². The first kappa shape index (κ1) is 14.1. The molecule has 1 aliphatic carbocycles. The molecule has 0 bridgehead atoms. The van der Waals surface area contributed by atoms with Crippen molar-refractivity contribution in [1.29, 1.82) is 0 Å². The van der Waals surface area contributed by atoms with Gasteiger partial charge in [-0.05, 0) is 30.7 Å². The van der Waals surface area contributed by atoms with Crippen LogP contribution in [0.3, 0.4) is 0 Å². The van der Waals surface area contributed by atoms with Crippen LogP contribution >= 0.6 is 0 Å². The lowest BCUT2D eigenvalue weighted by Crippen LogP contribution is -2.26. The molecule has 1 aromatic carbocycles. The van der Waals surface area contributed by atoms with Gasteiger partial charge >= 0.3 is 5.97 Å². The first-order valence-electron chi connectivity index (χ1n) is 6.99. The number of carbonyl (C=O) groups is 1. The topological polar surface area (TPSA) is 35.5 Å². The second-order valence-corrected chi connectivity index (χ2v) is 5.25. The van der Waals surface area contributed by atoms with E-state index < -0.39 is 0 Å². The highest BCUT2D eigenvalue weighted by atomic mass is 16.5. The molecular formula is C16H22O3. The Hall–Kier alpha value is -1.35. The van der Waals surface area contributed by atoms with Crippen LogP contribution in [0.25, 0.3) is 0 Å². The quantitative estimate of drug-likeness (QED) is 0.764. The molecule has 0 saturated heterocycles. The second-order valence-electron chi connectivity index (χ2n) is 5.25. The number of hydrogen-bond acceptors (Lipinski definition) is 3. The SMILES string of the molecule is COC(=O)C1CCC[C@@H](COCc2ccccc2)C1. The molecule has 104 valence electrons. The van der Waals surface area contributed by atoms with Crippen molar-refractivity contribution in [2.24, 2.45) is 11.8 Å². The Bertz CT molecular complexity index is 388. The van der Waals surface area contributed by atoms with E-state index in [1.807, 2.05) is 18.2 Å². The molecule has 2 rings (SSSR count). The minimum Gasteiger partial charge on any atom is -0.469 e. The van der Waals surface area contributed by atoms with Gasteiger partial charge in [-0.15, -0.1) is 0 Å². The summed E-state index contributed by atoms with van der Waals surface area (Å²) in [5, 5.41) is 0. The van der Waals surface area contributed by atoms with Gasteiger partial charge in [-0.25, -0.2) is 0 Å². The van der Waals surface area contributed by atoms with Crippen molar-refractivity contribution in [3.8, 4) is 0 Å². The summed E-state index contributed by atoms with van der Waals surface area (Å²) in [5.41, 5.74) is 1.20. The van der Waals surface area contributed by atoms with E-state index in [-0.39, 0.29) is 11.9 Å². The van der Waals surface area contributed by atoms with Crippen LogP contribution in [0.2, 0.25) is 0 Å². The van der Waals surface area contributed by atoms with E-state index in [0.29, 0.717) is 12.5 Å². The van der Waals surface area contributed by atoms with Gasteiger partial charge in [0.2, 0.25) is 0 Å². The van der Waals surface area contributed by atoms with Crippen molar-refractivity contribution in [3.05, 3.63) is 35.9 Å². The van der Waals surface area contributed by atoms with Gasteiger partial charge in [0.1, 0.15) is 0 Å². The highest BCUT2D eigenvalue weighted by Crippen LogP contribution is 2.30. The average molecular weight is 262 g/mol. The number of esters is 1. The van der Waals surface area contributed by atoms with Gasteiger partial charge in [0, 0.05) is 6.61 Å². The number of rotatable bonds is 5. The van der Waals surface area contributed by atoms with E-state index in [4.69, 9.17) is 9.47 Å². The summed E-state index contributed by atoms with van der Waals surface area (Å²) in [6.07, 6.45) is 4.12. The Balaban J connectivity index is 1.72. The number of benzene rings is 1. The van der Waals surface area contributed by atoms with Gasteiger partial charge in [0.15, 0.2) is 0 Å². The van der Waals surface area contributed by atoms with Crippen molar-refractivity contribution >= 4 is 5.97 Å². The predicted octanol–water partition coefficient (Wildman–Crippen LogP) is 3.18. The van der Waals surface area contributed by atoms with E-state index in [2.05, 4.69) is 12.1 Å². The van der Waals surface area contributed by atoms with Crippen molar-refractivity contribution in [2.75, 3.05) is 13.7 Å². The van der Waals surface area contributed by atoms with Crippen LogP contribution in [-0.4, -0.2) is 19.7 Å². The molecule has 0 N–H and O–H groups in total. The van der Waals surface area contributed by atoms with Gasteiger partial charge in [-0.2, -0.15) is 0 Å². The van der Waals surface area contributed by atoms with E-state index in [0.717, 1.165) is 32.3 Å². The fourth-order valence-electron chi connectivity index (χ4n) is 2.74. The molecule has 1 unspecified atom stereocenters. The third-order valence-electron chi connectivity index (χ3n) is 3.78. The molecule has 3 nitrogen and oxygen atoms in total. The lowest BCUT2D eigenvalue weighted by Gasteiger charge is -2.27. The summed E-state index contributed by atoms with van der Waals surface area (Å²) in [4.78, 5) is 11.5. The first-order valence-corrected chi connectivity index (χ1v) is 6.99. The zero-order chi connectivity index (χ0) is 13.5. The number of carbonyl (C=O) groups excluding carboxylic acids is 1. The van der Waals surface area contributed by atoms with E-state index in [1.165, 1.54) is 12.7 Å². The van der Waals surface area contributed by atoms with Crippen LogP contribution in [0.5, 0.6) is 0 Å². The van der Waals surface area contributed by atoms with Crippen LogP contribution in [0.15, 0.2) is 30.3 Å². The molecule has 0 spiro atoms. The maximum absolute atomic E-state index is 11.5. The molecule has 2 atom stereocenters. The van der Waals surface area contributed by atoms with Gasteiger partial charge in [-0.3, -0.25) is 4.79 Å². The summed E-state index contributed by atoms with van der Waals surface area (Å²) in [5.74, 6) is 0.499. The zero-order valence-corrected chi connectivity index (χ0v) is 11.5. The van der Waals surface area contributed by atoms with Crippen molar-refractivity contribution in [3.63, 3.8) is 0 Å². The monoisotopic (exact) mass is 262 g/mol. The zero-order valence-electron chi connectivity index (χ0n) is 11.5. The van der Waals surface area contributed by atoms with Gasteiger partial charge in [-0.1, -0.05) is 36.8 Å². The van der Waals surface area contributed by atoms with Crippen molar-refractivity contribution in [1.82, 2.24) is 0 Å². The third kappa shape index (κ3) is 4.35. The van der Waals surface area contributed by atoms with Crippen LogP contribution < -0.4 is 0 Å². The van der Waals surface area contributed by atoms with Gasteiger partial charge in [0.05, 0.1) is 19.6 Å². The minimum absolute atomic E-state index is 0.0623. The van der Waals surface area contributed by atoms with Crippen molar-refractivity contribution < 1.29 is 14.3 Å². The lowest BCUT2D eigenvalue weighted by molar-refractivity contribution is -0.147. The van der Waals surface area contributed by atoms with E-state index in [1.54, 1.807) is 0 Å². The standard InChI is InChI=1S/C16H22O3/c1-18-16(17)15-9-5-8-14(10-15)12-19-11-13-6-3-2-4-7-13/h2-4,6-7,14-15H,5,8-12H2,1H3/t14-,15?/m1/s1. The maximum atomic E-state index is 11.5. The molecule has 1 saturated carbocycles. The molecule has 0 amide bonds. The molecule has 0 aliphatic heterocycles. The van der Waals surface area contributed by atoms with Crippen LogP contribution in [0, 0.1) is 11.8 Å². The highest BCUT2D eigenvalue weighted by Gasteiger charge is 2.27. The molecule has 19 heavy (non-hydrogen) atoms. The summed E-state index contributed by atoms with van der Waals surface area (Å²) >= 11 is 0. The largest absolute Gasteiger partial charge is 0.469 e. The summed E-state index contributed by atoms with van der Waals surface area (Å²) < 4.78 is 10.6. The Kier molecular flexibility index (Phi) is 5.40. The summed E-state index contributed by atoms with van der Waals surface area (Å²) in [6, 6.07) is 10.2. The van der Waals surface area contributed by atoms with Crippen LogP contribution in [0.4, 0.5) is 0 Å². The van der Waals surface area contributed by atoms with E-state index in [9.17, 15) is 4.79 Å². The lowest BCUT2D eigenvalue weighted by atomic mass is 9.82. The molecule has 0 heterocycles. The second kappa shape index (κ2) is 7.29. The number of ether oxygens (including phenoxy) is 2. The minimum atomic E-state index is -0.0623. The molecule has 1 aromatic rings. The number of methoxy groups -OCH3 is 1. The molecule has 1 fully saturated rings. The molecule has 0 aromatic heterocycles. The Labute approximate surface area is 114 Å². The Morgan fingerprint density at radius 1 is 1.26 bits per heavy atom. The Morgan fingerprint density at radius 2 is 2.05 bits per heavy atom. The Morgan fingerprint density at radius 3 is 2.79 bits per heavy atom. The smallest absolute Gasteiger partial charge is 0.308 e.